The third-order valence-electron chi connectivity index (χ3n) is 1.36. The van der Waals surface area contributed by atoms with Crippen molar-refractivity contribution >= 4 is 5.97 Å². The minimum atomic E-state index is -0.177. The van der Waals surface area contributed by atoms with Crippen LogP contribution in [0.5, 0.6) is 0 Å². The van der Waals surface area contributed by atoms with Gasteiger partial charge in [-0.1, -0.05) is 26.7 Å². The molecule has 1 radical (unpaired) electrons. The van der Waals surface area contributed by atoms with Gasteiger partial charge in [0, 0.05) is 0 Å². The molecule has 0 bridgehead atoms. The predicted octanol–water partition coefficient (Wildman–Crippen LogP) is 2.33. The van der Waals surface area contributed by atoms with E-state index in [1.165, 1.54) is 0 Å². The fourth-order valence-electron chi connectivity index (χ4n) is 0.750. The molecule has 0 saturated carbocycles. The van der Waals surface area contributed by atoms with E-state index in [4.69, 9.17) is 4.74 Å². The third-order valence-corrected chi connectivity index (χ3v) is 1.36. The zero-order valence-electron chi connectivity index (χ0n) is 7.43. The van der Waals surface area contributed by atoms with Crippen LogP contribution in [0.3, 0.4) is 0 Å². The summed E-state index contributed by atoms with van der Waals surface area (Å²) in [6.07, 6.45) is 5.60. The molecule has 0 unspecified atom stereocenters. The summed E-state index contributed by atoms with van der Waals surface area (Å²) in [5.41, 5.74) is 0. The van der Waals surface area contributed by atoms with Crippen molar-refractivity contribution < 1.29 is 9.53 Å². The van der Waals surface area contributed by atoms with Crippen LogP contribution in [0, 0.1) is 6.42 Å². The van der Waals surface area contributed by atoms with Crippen LogP contribution in [0.1, 0.15) is 39.5 Å². The molecule has 0 aliphatic rings. The summed E-state index contributed by atoms with van der Waals surface area (Å²) < 4.78 is 4.89. The first-order chi connectivity index (χ1) is 5.31. The molecule has 0 aromatic rings. The highest BCUT2D eigenvalue weighted by molar-refractivity contribution is 5.78. The molecule has 0 atom stereocenters. The first-order valence-electron chi connectivity index (χ1n) is 4.31. The predicted molar refractivity (Wildman–Crippen MR) is 45.1 cm³/mol. The molecule has 2 heteroatoms. The van der Waals surface area contributed by atoms with Gasteiger partial charge in [-0.05, 0) is 12.8 Å². The Balaban J connectivity index is 3.04. The molecule has 0 aliphatic heterocycles. The maximum atomic E-state index is 10.7. The van der Waals surface area contributed by atoms with Gasteiger partial charge in [-0.25, -0.2) is 0 Å². The van der Waals surface area contributed by atoms with Crippen LogP contribution >= 0.6 is 0 Å². The fourth-order valence-corrected chi connectivity index (χ4v) is 0.750. The van der Waals surface area contributed by atoms with E-state index in [-0.39, 0.29) is 5.97 Å². The molecule has 0 aromatic heterocycles. The van der Waals surface area contributed by atoms with Gasteiger partial charge in [-0.15, -0.1) is 0 Å². The van der Waals surface area contributed by atoms with Gasteiger partial charge >= 0.3 is 5.97 Å². The quantitative estimate of drug-likeness (QED) is 0.437. The number of carbonyl (C=O) groups is 1. The van der Waals surface area contributed by atoms with E-state index < -0.39 is 0 Å². The van der Waals surface area contributed by atoms with Crippen molar-refractivity contribution in [2.24, 2.45) is 0 Å². The van der Waals surface area contributed by atoms with E-state index in [9.17, 15) is 4.79 Å². The molecule has 0 aromatic carbocycles. The number of rotatable bonds is 6. The molecule has 0 saturated heterocycles. The van der Waals surface area contributed by atoms with Gasteiger partial charge in [0.05, 0.1) is 13.0 Å². The maximum absolute atomic E-state index is 10.7. The molecule has 65 valence electrons. The zero-order chi connectivity index (χ0) is 8.53. The number of unbranched alkanes of at least 4 members (excludes halogenated alkanes) is 2. The van der Waals surface area contributed by atoms with Gasteiger partial charge in [0.15, 0.2) is 0 Å². The second-order valence-electron chi connectivity index (χ2n) is 2.49. The minimum absolute atomic E-state index is 0.177. The summed E-state index contributed by atoms with van der Waals surface area (Å²) in [5.74, 6) is -0.177. The lowest BCUT2D eigenvalue weighted by Gasteiger charge is -2.01. The van der Waals surface area contributed by atoms with Crippen molar-refractivity contribution in [1.29, 1.82) is 0 Å². The summed E-state index contributed by atoms with van der Waals surface area (Å²) >= 11 is 0. The molecular weight excluding hydrogens is 140 g/mol. The number of hydrogen-bond acceptors (Lipinski definition) is 2. The molecule has 0 amide bonds. The fraction of sp³-hybridized carbons (Fsp3) is 0.778. The highest BCUT2D eigenvalue weighted by atomic mass is 16.5. The average molecular weight is 157 g/mol. The smallest absolute Gasteiger partial charge is 0.309 e. The van der Waals surface area contributed by atoms with Crippen LogP contribution in [-0.4, -0.2) is 12.6 Å². The largest absolute Gasteiger partial charge is 0.465 e. The maximum Gasteiger partial charge on any atom is 0.309 e. The first kappa shape index (κ1) is 10.5. The summed E-state index contributed by atoms with van der Waals surface area (Å²) in [4.78, 5) is 10.7. The highest BCUT2D eigenvalue weighted by Gasteiger charge is 1.98. The van der Waals surface area contributed by atoms with Gasteiger partial charge in [0.25, 0.3) is 0 Å². The van der Waals surface area contributed by atoms with Crippen molar-refractivity contribution in [3.05, 3.63) is 6.42 Å². The van der Waals surface area contributed by atoms with E-state index in [2.05, 4.69) is 6.92 Å². The van der Waals surface area contributed by atoms with Crippen LogP contribution in [0.4, 0.5) is 0 Å². The first-order valence-corrected chi connectivity index (χ1v) is 4.31. The Morgan fingerprint density at radius 1 is 1.36 bits per heavy atom. The highest BCUT2D eigenvalue weighted by Crippen LogP contribution is 1.96. The Morgan fingerprint density at radius 2 is 2.09 bits per heavy atom. The lowest BCUT2D eigenvalue weighted by molar-refractivity contribution is -0.139. The van der Waals surface area contributed by atoms with E-state index in [1.807, 2.05) is 6.92 Å². The van der Waals surface area contributed by atoms with E-state index in [0.717, 1.165) is 25.7 Å². The Bertz CT molecular complexity index is 99.7. The Kier molecular flexibility index (Phi) is 7.21. The lowest BCUT2D eigenvalue weighted by Crippen LogP contribution is -2.05. The van der Waals surface area contributed by atoms with Crippen molar-refractivity contribution in [3.63, 3.8) is 0 Å². The standard InChI is InChI=1S/C9H17O2/c1-3-5-6-8-11-9(10)7-4-2/h7H,3-6,8H2,1-2H3. The summed E-state index contributed by atoms with van der Waals surface area (Å²) in [7, 11) is 0. The van der Waals surface area contributed by atoms with Gasteiger partial charge < -0.3 is 4.74 Å². The van der Waals surface area contributed by atoms with Crippen LogP contribution in [0.25, 0.3) is 0 Å². The van der Waals surface area contributed by atoms with E-state index >= 15 is 0 Å². The monoisotopic (exact) mass is 157 g/mol. The molecular formula is C9H17O2. The lowest BCUT2D eigenvalue weighted by atomic mass is 10.3. The second kappa shape index (κ2) is 7.58. The van der Waals surface area contributed by atoms with Crippen LogP contribution in [-0.2, 0) is 9.53 Å². The summed E-state index contributed by atoms with van der Waals surface area (Å²) in [6, 6.07) is 0. The van der Waals surface area contributed by atoms with Crippen molar-refractivity contribution in [2.75, 3.05) is 6.61 Å². The molecule has 0 spiro atoms. The van der Waals surface area contributed by atoms with E-state index in [0.29, 0.717) is 6.61 Å². The average Bonchev–Trinajstić information content (AvgIpc) is 1.99. The SMILES string of the molecule is CC[CH]C(=O)OCCCCC. The molecule has 0 N–H and O–H groups in total. The molecule has 0 aliphatic carbocycles. The zero-order valence-corrected chi connectivity index (χ0v) is 7.43. The second-order valence-corrected chi connectivity index (χ2v) is 2.49. The Hall–Kier alpha value is -0.530. The Labute approximate surface area is 68.9 Å². The van der Waals surface area contributed by atoms with Gasteiger partial charge in [0.2, 0.25) is 0 Å². The van der Waals surface area contributed by atoms with Crippen LogP contribution in [0.2, 0.25) is 0 Å². The number of hydrogen-bond donors (Lipinski definition) is 0. The molecule has 0 heterocycles. The molecule has 0 fully saturated rings. The van der Waals surface area contributed by atoms with Gasteiger partial charge in [0.1, 0.15) is 0 Å². The number of ether oxygens (including phenoxy) is 1. The van der Waals surface area contributed by atoms with Crippen LogP contribution < -0.4 is 0 Å². The van der Waals surface area contributed by atoms with Crippen molar-refractivity contribution in [2.45, 2.75) is 39.5 Å². The number of esters is 1. The Morgan fingerprint density at radius 3 is 2.64 bits per heavy atom. The minimum Gasteiger partial charge on any atom is -0.465 e. The third kappa shape index (κ3) is 7.37. The normalized spacial score (nSPS) is 9.64. The molecule has 2 nitrogen and oxygen atoms in total. The van der Waals surface area contributed by atoms with Crippen molar-refractivity contribution in [1.82, 2.24) is 0 Å². The van der Waals surface area contributed by atoms with Gasteiger partial charge in [-0.2, -0.15) is 0 Å². The van der Waals surface area contributed by atoms with Crippen LogP contribution in [0.15, 0.2) is 0 Å². The van der Waals surface area contributed by atoms with E-state index in [1.54, 1.807) is 6.42 Å². The number of carbonyl (C=O) groups excluding carboxylic acids is 1. The molecule has 0 rings (SSSR count). The molecule has 11 heavy (non-hydrogen) atoms. The van der Waals surface area contributed by atoms with Crippen molar-refractivity contribution in [3.8, 4) is 0 Å². The van der Waals surface area contributed by atoms with Gasteiger partial charge in [-0.3, -0.25) is 4.79 Å². The summed E-state index contributed by atoms with van der Waals surface area (Å²) in [5, 5.41) is 0. The summed E-state index contributed by atoms with van der Waals surface area (Å²) in [6.45, 7) is 4.62. The topological polar surface area (TPSA) is 26.3 Å².